The number of amides is 1. The van der Waals surface area contributed by atoms with Crippen molar-refractivity contribution in [2.45, 2.75) is 0 Å². The molecule has 2 heterocycles. The number of oxazole rings is 1. The maximum absolute atomic E-state index is 12.4. The molecule has 5 rings (SSSR count). The molecule has 1 amide bonds. The van der Waals surface area contributed by atoms with Gasteiger partial charge in [-0.1, -0.05) is 12.1 Å². The van der Waals surface area contributed by atoms with Gasteiger partial charge in [0.25, 0.3) is 5.91 Å². The molecular weight excluding hydrogens is 418 g/mol. The van der Waals surface area contributed by atoms with E-state index in [9.17, 15) is 9.90 Å². The van der Waals surface area contributed by atoms with Crippen LogP contribution in [0.1, 0.15) is 10.4 Å². The second-order valence-corrected chi connectivity index (χ2v) is 7.10. The summed E-state index contributed by atoms with van der Waals surface area (Å²) in [5, 5.41) is 16.0. The molecule has 3 aromatic carbocycles. The van der Waals surface area contributed by atoms with Crippen molar-refractivity contribution in [3.05, 3.63) is 66.2 Å². The Morgan fingerprint density at radius 1 is 1.03 bits per heavy atom. The summed E-state index contributed by atoms with van der Waals surface area (Å²) in [7, 11) is 0. The van der Waals surface area contributed by atoms with Crippen LogP contribution in [0.4, 0.5) is 5.69 Å². The van der Waals surface area contributed by atoms with Crippen LogP contribution in [0.15, 0.2) is 65.1 Å². The first kappa shape index (κ1) is 18.9. The number of phenols is 1. The molecule has 0 bridgehead atoms. The van der Waals surface area contributed by atoms with Crippen LogP contribution in [0.3, 0.4) is 0 Å². The summed E-state index contributed by atoms with van der Waals surface area (Å²) in [6, 6.07) is 17.0. The number of fused-ring (bicyclic) bond motifs is 2. The van der Waals surface area contributed by atoms with Gasteiger partial charge in [0.2, 0.25) is 12.7 Å². The van der Waals surface area contributed by atoms with E-state index >= 15 is 0 Å². The number of carbonyl (C=O) groups excluding carboxylic acids is 1. The molecule has 4 aromatic rings. The Bertz CT molecular complexity index is 1300. The van der Waals surface area contributed by atoms with Gasteiger partial charge in [0, 0.05) is 17.3 Å². The molecule has 0 fully saturated rings. The maximum Gasteiger partial charge on any atom is 0.257 e. The zero-order valence-electron chi connectivity index (χ0n) is 15.9. The molecule has 0 spiro atoms. The summed E-state index contributed by atoms with van der Waals surface area (Å²) in [5.74, 6) is 0.964. The SMILES string of the molecule is O=C(NC(=S)Nc1ccc(-c2nc3ccccc3o2)c(O)c1)c1ccc2c(c1)OCO2. The van der Waals surface area contributed by atoms with Gasteiger partial charge >= 0.3 is 0 Å². The number of benzene rings is 3. The van der Waals surface area contributed by atoms with Crippen LogP contribution in [-0.4, -0.2) is 27.9 Å². The molecule has 9 heteroatoms. The quantitative estimate of drug-likeness (QED) is 0.416. The summed E-state index contributed by atoms with van der Waals surface area (Å²) in [4.78, 5) is 16.8. The van der Waals surface area contributed by atoms with E-state index in [1.54, 1.807) is 36.4 Å². The number of nitrogens with zero attached hydrogens (tertiary/aromatic N) is 1. The molecule has 3 N–H and O–H groups in total. The summed E-state index contributed by atoms with van der Waals surface area (Å²) < 4.78 is 16.2. The van der Waals surface area contributed by atoms with Crippen LogP contribution in [0.25, 0.3) is 22.6 Å². The first-order chi connectivity index (χ1) is 15.1. The molecule has 154 valence electrons. The highest BCUT2D eigenvalue weighted by Gasteiger charge is 2.17. The molecular formula is C22H15N3O5S. The van der Waals surface area contributed by atoms with Gasteiger partial charge in [0.1, 0.15) is 11.3 Å². The lowest BCUT2D eigenvalue weighted by Crippen LogP contribution is -2.34. The number of rotatable bonds is 3. The highest BCUT2D eigenvalue weighted by molar-refractivity contribution is 7.80. The molecule has 0 radical (unpaired) electrons. The van der Waals surface area contributed by atoms with E-state index in [0.717, 1.165) is 0 Å². The number of thiocarbonyl (C=S) groups is 1. The third kappa shape index (κ3) is 3.74. The summed E-state index contributed by atoms with van der Waals surface area (Å²) in [5.41, 5.74) is 2.64. The number of phenolic OH excluding ortho intramolecular Hbond substituents is 1. The van der Waals surface area contributed by atoms with Crippen molar-refractivity contribution < 1.29 is 23.8 Å². The number of para-hydroxylation sites is 2. The highest BCUT2D eigenvalue weighted by Crippen LogP contribution is 2.34. The minimum atomic E-state index is -0.400. The minimum Gasteiger partial charge on any atom is -0.507 e. The van der Waals surface area contributed by atoms with E-state index in [0.29, 0.717) is 45.3 Å². The van der Waals surface area contributed by atoms with Crippen LogP contribution in [-0.2, 0) is 0 Å². The van der Waals surface area contributed by atoms with Crippen LogP contribution >= 0.6 is 12.2 Å². The lowest BCUT2D eigenvalue weighted by molar-refractivity contribution is 0.0977. The van der Waals surface area contributed by atoms with E-state index in [2.05, 4.69) is 15.6 Å². The largest absolute Gasteiger partial charge is 0.507 e. The number of carbonyl (C=O) groups is 1. The number of nitrogens with one attached hydrogen (secondary N) is 2. The molecule has 8 nitrogen and oxygen atoms in total. The maximum atomic E-state index is 12.4. The second kappa shape index (κ2) is 7.62. The predicted molar refractivity (Wildman–Crippen MR) is 117 cm³/mol. The Morgan fingerprint density at radius 3 is 2.71 bits per heavy atom. The van der Waals surface area contributed by atoms with Crippen molar-refractivity contribution >= 4 is 40.0 Å². The third-order valence-corrected chi connectivity index (χ3v) is 4.85. The monoisotopic (exact) mass is 433 g/mol. The number of aromatic nitrogens is 1. The Labute approximate surface area is 181 Å². The van der Waals surface area contributed by atoms with Crippen molar-refractivity contribution in [2.75, 3.05) is 12.1 Å². The number of ether oxygens (including phenoxy) is 2. The molecule has 1 aliphatic heterocycles. The molecule has 1 aromatic heterocycles. The molecule has 31 heavy (non-hydrogen) atoms. The summed E-state index contributed by atoms with van der Waals surface area (Å²) >= 11 is 5.21. The Morgan fingerprint density at radius 2 is 1.87 bits per heavy atom. The van der Waals surface area contributed by atoms with Gasteiger partial charge in [0.05, 0.1) is 5.56 Å². The van der Waals surface area contributed by atoms with Gasteiger partial charge in [0.15, 0.2) is 22.2 Å². The lowest BCUT2D eigenvalue weighted by Gasteiger charge is -2.11. The number of hydrogen-bond donors (Lipinski definition) is 3. The molecule has 0 aliphatic carbocycles. The fourth-order valence-electron chi connectivity index (χ4n) is 3.15. The highest BCUT2D eigenvalue weighted by atomic mass is 32.1. The summed E-state index contributed by atoms with van der Waals surface area (Å²) in [6.07, 6.45) is 0. The van der Waals surface area contributed by atoms with Crippen molar-refractivity contribution in [3.8, 4) is 28.7 Å². The molecule has 1 aliphatic rings. The molecule has 0 unspecified atom stereocenters. The van der Waals surface area contributed by atoms with E-state index < -0.39 is 5.91 Å². The average Bonchev–Trinajstić information content (AvgIpc) is 3.39. The fourth-order valence-corrected chi connectivity index (χ4v) is 3.36. The lowest BCUT2D eigenvalue weighted by atomic mass is 10.2. The van der Waals surface area contributed by atoms with Gasteiger partial charge in [-0.05, 0) is 54.7 Å². The van der Waals surface area contributed by atoms with E-state index in [1.807, 2.05) is 18.2 Å². The zero-order chi connectivity index (χ0) is 21.4. The third-order valence-electron chi connectivity index (χ3n) is 4.64. The molecule has 0 saturated carbocycles. The van der Waals surface area contributed by atoms with Crippen molar-refractivity contribution in [1.29, 1.82) is 0 Å². The van der Waals surface area contributed by atoms with Gasteiger partial charge in [-0.2, -0.15) is 0 Å². The van der Waals surface area contributed by atoms with Crippen molar-refractivity contribution in [2.24, 2.45) is 0 Å². The van der Waals surface area contributed by atoms with Crippen LogP contribution in [0, 0.1) is 0 Å². The zero-order valence-corrected chi connectivity index (χ0v) is 16.7. The van der Waals surface area contributed by atoms with E-state index in [4.69, 9.17) is 26.1 Å². The molecule has 0 atom stereocenters. The Balaban J connectivity index is 1.28. The van der Waals surface area contributed by atoms with Gasteiger partial charge < -0.3 is 24.3 Å². The number of aromatic hydroxyl groups is 1. The van der Waals surface area contributed by atoms with Crippen LogP contribution in [0.2, 0.25) is 0 Å². The number of hydrogen-bond acceptors (Lipinski definition) is 7. The first-order valence-electron chi connectivity index (χ1n) is 9.28. The smallest absolute Gasteiger partial charge is 0.257 e. The van der Waals surface area contributed by atoms with Gasteiger partial charge in [-0.3, -0.25) is 10.1 Å². The van der Waals surface area contributed by atoms with Crippen molar-refractivity contribution in [1.82, 2.24) is 10.3 Å². The van der Waals surface area contributed by atoms with E-state index in [-0.39, 0.29) is 17.7 Å². The minimum absolute atomic E-state index is 0.0403. The van der Waals surface area contributed by atoms with Crippen LogP contribution < -0.4 is 20.1 Å². The molecule has 0 saturated heterocycles. The predicted octanol–water partition coefficient (Wildman–Crippen LogP) is 4.06. The topological polar surface area (TPSA) is 106 Å². The average molecular weight is 433 g/mol. The van der Waals surface area contributed by atoms with E-state index in [1.165, 1.54) is 6.07 Å². The normalized spacial score (nSPS) is 12.0. The summed E-state index contributed by atoms with van der Waals surface area (Å²) in [6.45, 7) is 0.128. The second-order valence-electron chi connectivity index (χ2n) is 6.69. The van der Waals surface area contributed by atoms with Gasteiger partial charge in [-0.25, -0.2) is 4.98 Å². The number of anilines is 1. The first-order valence-corrected chi connectivity index (χ1v) is 9.68. The standard InChI is InChI=1S/C22H15N3O5S/c26-16-10-13(6-7-14(16)21-24-15-3-1-2-4-17(15)30-21)23-22(31)25-20(27)12-5-8-18-19(9-12)29-11-28-18/h1-10,26H,11H2,(H2,23,25,27,31). The fraction of sp³-hybridized carbons (Fsp3) is 0.0455. The van der Waals surface area contributed by atoms with Crippen LogP contribution in [0.5, 0.6) is 17.2 Å². The van der Waals surface area contributed by atoms with Gasteiger partial charge in [-0.15, -0.1) is 0 Å². The Kier molecular flexibility index (Phi) is 4.64. The van der Waals surface area contributed by atoms with Crippen molar-refractivity contribution in [3.63, 3.8) is 0 Å². The Hall–Kier alpha value is -4.11.